The molecule has 0 aliphatic heterocycles. The van der Waals surface area contributed by atoms with Crippen LogP contribution in [-0.4, -0.2) is 24.9 Å². The summed E-state index contributed by atoms with van der Waals surface area (Å²) in [5.41, 5.74) is 2.94. The zero-order valence-corrected chi connectivity index (χ0v) is 13.7. The van der Waals surface area contributed by atoms with Gasteiger partial charge in [0.05, 0.1) is 17.6 Å². The van der Waals surface area contributed by atoms with Gasteiger partial charge in [0.2, 0.25) is 5.95 Å². The van der Waals surface area contributed by atoms with Gasteiger partial charge in [-0.05, 0) is 31.2 Å². The largest absolute Gasteiger partial charge is 0.362 e. The van der Waals surface area contributed by atoms with Crippen molar-refractivity contribution in [3.05, 3.63) is 66.2 Å². The van der Waals surface area contributed by atoms with Crippen molar-refractivity contribution in [2.24, 2.45) is 0 Å². The van der Waals surface area contributed by atoms with Gasteiger partial charge in [0.25, 0.3) is 0 Å². The Morgan fingerprint density at radius 2 is 1.88 bits per heavy atom. The van der Waals surface area contributed by atoms with E-state index in [9.17, 15) is 0 Å². The van der Waals surface area contributed by atoms with Crippen LogP contribution in [0.4, 0.5) is 17.6 Å². The van der Waals surface area contributed by atoms with Gasteiger partial charge < -0.3 is 15.6 Å². The molecular formula is C18H17N7. The summed E-state index contributed by atoms with van der Waals surface area (Å²) >= 11 is 0. The quantitative estimate of drug-likeness (QED) is 0.519. The lowest BCUT2D eigenvalue weighted by atomic mass is 10.3. The Bertz CT molecular complexity index is 962. The number of aryl methyl sites for hydroxylation is 1. The van der Waals surface area contributed by atoms with Gasteiger partial charge in [0.15, 0.2) is 0 Å². The molecule has 3 heterocycles. The van der Waals surface area contributed by atoms with Gasteiger partial charge in [-0.15, -0.1) is 0 Å². The minimum absolute atomic E-state index is 0.497. The molecule has 0 saturated heterocycles. The van der Waals surface area contributed by atoms with Crippen LogP contribution in [0.1, 0.15) is 11.4 Å². The van der Waals surface area contributed by atoms with Crippen LogP contribution >= 0.6 is 0 Å². The summed E-state index contributed by atoms with van der Waals surface area (Å²) in [5, 5.41) is 6.41. The monoisotopic (exact) mass is 331 g/mol. The Morgan fingerprint density at radius 1 is 1.00 bits per heavy atom. The molecule has 4 rings (SSSR count). The number of nitrogens with one attached hydrogen (secondary N) is 3. The molecule has 0 aliphatic carbocycles. The number of aromatic amines is 1. The van der Waals surface area contributed by atoms with Crippen molar-refractivity contribution in [1.29, 1.82) is 0 Å². The maximum Gasteiger partial charge on any atom is 0.230 e. The maximum absolute atomic E-state index is 4.56. The molecule has 0 bridgehead atoms. The SMILES string of the molecule is Cc1cnc(Nc2ccccn2)nc1NCc1nc2ccccc2[nH]1. The molecular weight excluding hydrogens is 314 g/mol. The van der Waals surface area contributed by atoms with E-state index in [0.29, 0.717) is 18.3 Å². The number of H-pyrrole nitrogens is 1. The Hall–Kier alpha value is -3.48. The summed E-state index contributed by atoms with van der Waals surface area (Å²) in [6, 6.07) is 13.6. The van der Waals surface area contributed by atoms with Crippen LogP contribution in [0.5, 0.6) is 0 Å². The van der Waals surface area contributed by atoms with E-state index >= 15 is 0 Å². The van der Waals surface area contributed by atoms with Crippen LogP contribution in [0.25, 0.3) is 11.0 Å². The lowest BCUT2D eigenvalue weighted by molar-refractivity contribution is 0.985. The van der Waals surface area contributed by atoms with Crippen molar-refractivity contribution in [3.63, 3.8) is 0 Å². The van der Waals surface area contributed by atoms with Gasteiger partial charge in [-0.1, -0.05) is 18.2 Å². The third-order valence-electron chi connectivity index (χ3n) is 3.74. The van der Waals surface area contributed by atoms with Crippen LogP contribution in [0.15, 0.2) is 54.9 Å². The summed E-state index contributed by atoms with van der Waals surface area (Å²) in [7, 11) is 0. The van der Waals surface area contributed by atoms with Crippen molar-refractivity contribution in [2.45, 2.75) is 13.5 Å². The zero-order chi connectivity index (χ0) is 17.1. The van der Waals surface area contributed by atoms with E-state index in [1.165, 1.54) is 0 Å². The molecule has 0 unspecified atom stereocenters. The number of hydrogen-bond donors (Lipinski definition) is 3. The molecule has 0 radical (unpaired) electrons. The van der Waals surface area contributed by atoms with Gasteiger partial charge >= 0.3 is 0 Å². The van der Waals surface area contributed by atoms with Crippen LogP contribution < -0.4 is 10.6 Å². The van der Waals surface area contributed by atoms with Gasteiger partial charge in [0.1, 0.15) is 17.5 Å². The number of fused-ring (bicyclic) bond motifs is 1. The summed E-state index contributed by atoms with van der Waals surface area (Å²) in [6.07, 6.45) is 3.50. The average molecular weight is 331 g/mol. The fourth-order valence-electron chi connectivity index (χ4n) is 2.49. The molecule has 0 amide bonds. The van der Waals surface area contributed by atoms with Crippen molar-refractivity contribution < 1.29 is 0 Å². The van der Waals surface area contributed by atoms with Crippen molar-refractivity contribution in [2.75, 3.05) is 10.6 Å². The molecule has 0 saturated carbocycles. The van der Waals surface area contributed by atoms with Gasteiger partial charge in [-0.25, -0.2) is 15.0 Å². The van der Waals surface area contributed by atoms with Crippen LogP contribution in [-0.2, 0) is 6.54 Å². The molecule has 7 nitrogen and oxygen atoms in total. The van der Waals surface area contributed by atoms with E-state index in [2.05, 4.69) is 35.6 Å². The number of benzene rings is 1. The standard InChI is InChI=1S/C18H17N7/c1-12-10-21-18(24-15-8-4-5-9-19-15)25-17(12)20-11-16-22-13-6-2-3-7-14(13)23-16/h2-10H,11H2,1H3,(H,22,23)(H2,19,20,21,24,25). The van der Waals surface area contributed by atoms with Crippen molar-refractivity contribution >= 4 is 28.6 Å². The number of anilines is 3. The topological polar surface area (TPSA) is 91.4 Å². The van der Waals surface area contributed by atoms with Gasteiger partial charge in [-0.2, -0.15) is 4.98 Å². The zero-order valence-electron chi connectivity index (χ0n) is 13.7. The molecule has 0 fully saturated rings. The number of rotatable bonds is 5. The van der Waals surface area contributed by atoms with E-state index in [4.69, 9.17) is 0 Å². The third-order valence-corrected chi connectivity index (χ3v) is 3.74. The van der Waals surface area contributed by atoms with E-state index in [0.717, 1.165) is 28.2 Å². The number of hydrogen-bond acceptors (Lipinski definition) is 6. The highest BCUT2D eigenvalue weighted by Crippen LogP contribution is 2.17. The van der Waals surface area contributed by atoms with Crippen LogP contribution in [0.2, 0.25) is 0 Å². The molecule has 0 spiro atoms. The molecule has 4 aromatic rings. The molecule has 124 valence electrons. The number of pyridine rings is 1. The smallest absolute Gasteiger partial charge is 0.230 e. The second kappa shape index (κ2) is 6.56. The Morgan fingerprint density at radius 3 is 2.72 bits per heavy atom. The van der Waals surface area contributed by atoms with Crippen molar-refractivity contribution in [1.82, 2.24) is 24.9 Å². The molecule has 0 aliphatic rings. The highest BCUT2D eigenvalue weighted by Gasteiger charge is 2.07. The fraction of sp³-hybridized carbons (Fsp3) is 0.111. The first-order chi connectivity index (χ1) is 12.3. The predicted molar refractivity (Wildman–Crippen MR) is 97.7 cm³/mol. The van der Waals surface area contributed by atoms with Crippen molar-refractivity contribution in [3.8, 4) is 0 Å². The number of imidazole rings is 1. The maximum atomic E-state index is 4.56. The lowest BCUT2D eigenvalue weighted by Crippen LogP contribution is -2.07. The molecule has 7 heteroatoms. The Balaban J connectivity index is 1.50. The van der Waals surface area contributed by atoms with Crippen LogP contribution in [0, 0.1) is 6.92 Å². The molecule has 1 aromatic carbocycles. The highest BCUT2D eigenvalue weighted by molar-refractivity contribution is 5.74. The molecule has 25 heavy (non-hydrogen) atoms. The normalized spacial score (nSPS) is 10.8. The first-order valence-electron chi connectivity index (χ1n) is 7.97. The Kier molecular flexibility index (Phi) is 3.96. The summed E-state index contributed by atoms with van der Waals surface area (Å²) in [5.74, 6) is 2.82. The highest BCUT2D eigenvalue weighted by atomic mass is 15.2. The molecule has 3 N–H and O–H groups in total. The number of nitrogens with zero attached hydrogens (tertiary/aromatic N) is 4. The van der Waals surface area contributed by atoms with E-state index in [1.54, 1.807) is 12.4 Å². The summed E-state index contributed by atoms with van der Waals surface area (Å²) in [6.45, 7) is 2.51. The summed E-state index contributed by atoms with van der Waals surface area (Å²) < 4.78 is 0. The minimum atomic E-state index is 0.497. The predicted octanol–water partition coefficient (Wildman–Crippen LogP) is 3.41. The van der Waals surface area contributed by atoms with E-state index in [1.807, 2.05) is 49.4 Å². The molecule has 3 aromatic heterocycles. The first kappa shape index (κ1) is 15.1. The average Bonchev–Trinajstić information content (AvgIpc) is 3.06. The second-order valence-electron chi connectivity index (χ2n) is 5.62. The van der Waals surface area contributed by atoms with E-state index < -0.39 is 0 Å². The van der Waals surface area contributed by atoms with Gasteiger partial charge in [-0.3, -0.25) is 0 Å². The minimum Gasteiger partial charge on any atom is -0.362 e. The van der Waals surface area contributed by atoms with Gasteiger partial charge in [0, 0.05) is 18.0 Å². The molecule has 0 atom stereocenters. The number of para-hydroxylation sites is 2. The Labute approximate surface area is 144 Å². The fourth-order valence-corrected chi connectivity index (χ4v) is 2.49. The summed E-state index contributed by atoms with van der Waals surface area (Å²) in [4.78, 5) is 20.9. The third kappa shape index (κ3) is 3.40. The van der Waals surface area contributed by atoms with Crippen LogP contribution in [0.3, 0.4) is 0 Å². The lowest BCUT2D eigenvalue weighted by Gasteiger charge is -2.09. The second-order valence-corrected chi connectivity index (χ2v) is 5.62. The number of aromatic nitrogens is 5. The van der Waals surface area contributed by atoms with E-state index in [-0.39, 0.29) is 0 Å². The first-order valence-corrected chi connectivity index (χ1v) is 7.97.